The molecule has 2 atom stereocenters. The maximum Gasteiger partial charge on any atom is 0.128 e. The van der Waals surface area contributed by atoms with Crippen LogP contribution in [0.3, 0.4) is 0 Å². The predicted molar refractivity (Wildman–Crippen MR) is 123 cm³/mol. The average molecular weight is 416 g/mol. The van der Waals surface area contributed by atoms with E-state index in [1.165, 1.54) is 16.8 Å². The summed E-state index contributed by atoms with van der Waals surface area (Å²) >= 11 is 0. The molecule has 2 heterocycles. The van der Waals surface area contributed by atoms with Crippen LogP contribution < -0.4 is 19.1 Å². The van der Waals surface area contributed by atoms with Gasteiger partial charge in [-0.2, -0.15) is 0 Å². The standard InChI is InChI=1S/C27H29NO3/c1-27(2)20-15-19(29-3)13-14-22(20)28(16-18-9-6-5-7-10-18)26-21(27)17-31-24-12-8-11-23(30-4)25(24)26/h5-15,21,26H,16-17H2,1-4H3. The molecule has 0 fully saturated rings. The molecule has 4 nitrogen and oxygen atoms in total. The minimum Gasteiger partial charge on any atom is -0.497 e. The first-order chi connectivity index (χ1) is 15.0. The van der Waals surface area contributed by atoms with Crippen molar-refractivity contribution in [2.45, 2.75) is 31.8 Å². The third kappa shape index (κ3) is 3.13. The van der Waals surface area contributed by atoms with Gasteiger partial charge in [-0.3, -0.25) is 0 Å². The van der Waals surface area contributed by atoms with Crippen molar-refractivity contribution in [2.75, 3.05) is 25.7 Å². The largest absolute Gasteiger partial charge is 0.497 e. The quantitative estimate of drug-likeness (QED) is 0.543. The van der Waals surface area contributed by atoms with Crippen molar-refractivity contribution in [3.8, 4) is 17.2 Å². The Kier molecular flexibility index (Phi) is 4.81. The van der Waals surface area contributed by atoms with Crippen molar-refractivity contribution in [3.63, 3.8) is 0 Å². The first-order valence-electron chi connectivity index (χ1n) is 10.8. The summed E-state index contributed by atoms with van der Waals surface area (Å²) in [5.74, 6) is 2.96. The van der Waals surface area contributed by atoms with E-state index in [9.17, 15) is 0 Å². The van der Waals surface area contributed by atoms with Gasteiger partial charge in [0.1, 0.15) is 17.2 Å². The van der Waals surface area contributed by atoms with E-state index in [0.29, 0.717) is 6.61 Å². The Morgan fingerprint density at radius 3 is 2.52 bits per heavy atom. The maximum atomic E-state index is 6.30. The number of ether oxygens (including phenoxy) is 3. The van der Waals surface area contributed by atoms with Crippen LogP contribution in [-0.2, 0) is 12.0 Å². The maximum absolute atomic E-state index is 6.30. The fraction of sp³-hybridized carbons (Fsp3) is 0.333. The molecule has 0 amide bonds. The van der Waals surface area contributed by atoms with Crippen LogP contribution in [0.15, 0.2) is 66.7 Å². The van der Waals surface area contributed by atoms with E-state index in [1.54, 1.807) is 14.2 Å². The van der Waals surface area contributed by atoms with Gasteiger partial charge >= 0.3 is 0 Å². The molecule has 0 saturated heterocycles. The highest BCUT2D eigenvalue weighted by molar-refractivity contribution is 5.66. The van der Waals surface area contributed by atoms with Crippen LogP contribution in [0.4, 0.5) is 5.69 Å². The molecule has 2 unspecified atom stereocenters. The third-order valence-electron chi connectivity index (χ3n) is 7.01. The van der Waals surface area contributed by atoms with Gasteiger partial charge in [-0.1, -0.05) is 50.2 Å². The SMILES string of the molecule is COc1ccc2c(c1)C(C)(C)C1COc3cccc(OC)c3C1N2Cc1ccccc1. The van der Waals surface area contributed by atoms with E-state index >= 15 is 0 Å². The summed E-state index contributed by atoms with van der Waals surface area (Å²) in [6.45, 7) is 6.13. The molecular formula is C27H29NO3. The molecule has 31 heavy (non-hydrogen) atoms. The van der Waals surface area contributed by atoms with E-state index in [0.717, 1.165) is 29.4 Å². The second kappa shape index (κ2) is 7.52. The summed E-state index contributed by atoms with van der Waals surface area (Å²) in [6.07, 6.45) is 0. The fourth-order valence-corrected chi connectivity index (χ4v) is 5.29. The van der Waals surface area contributed by atoms with Gasteiger partial charge in [0.2, 0.25) is 0 Å². The summed E-state index contributed by atoms with van der Waals surface area (Å²) < 4.78 is 17.7. The molecule has 0 aliphatic carbocycles. The number of methoxy groups -OCH3 is 2. The molecule has 2 aliphatic rings. The Bertz CT molecular complexity index is 1080. The van der Waals surface area contributed by atoms with Crippen molar-refractivity contribution in [2.24, 2.45) is 5.92 Å². The van der Waals surface area contributed by atoms with E-state index in [4.69, 9.17) is 14.2 Å². The molecule has 0 spiro atoms. The van der Waals surface area contributed by atoms with Crippen LogP contribution in [0.1, 0.15) is 36.6 Å². The van der Waals surface area contributed by atoms with Gasteiger partial charge in [0, 0.05) is 23.6 Å². The molecule has 0 aromatic heterocycles. The normalized spacial score (nSPS) is 20.7. The number of anilines is 1. The number of hydrogen-bond donors (Lipinski definition) is 0. The topological polar surface area (TPSA) is 30.9 Å². The molecule has 160 valence electrons. The Hall–Kier alpha value is -3.14. The summed E-state index contributed by atoms with van der Waals surface area (Å²) in [6, 6.07) is 23.4. The van der Waals surface area contributed by atoms with Crippen LogP contribution in [0.25, 0.3) is 0 Å². The third-order valence-corrected chi connectivity index (χ3v) is 7.01. The lowest BCUT2D eigenvalue weighted by Gasteiger charge is -2.54. The van der Waals surface area contributed by atoms with Crippen molar-refractivity contribution in [3.05, 3.63) is 83.4 Å². The van der Waals surface area contributed by atoms with Crippen molar-refractivity contribution >= 4 is 5.69 Å². The van der Waals surface area contributed by atoms with Gasteiger partial charge in [-0.25, -0.2) is 0 Å². The van der Waals surface area contributed by atoms with Crippen LogP contribution >= 0.6 is 0 Å². The number of hydrogen-bond acceptors (Lipinski definition) is 4. The number of nitrogens with zero attached hydrogens (tertiary/aromatic N) is 1. The van der Waals surface area contributed by atoms with E-state index < -0.39 is 0 Å². The molecule has 0 saturated carbocycles. The van der Waals surface area contributed by atoms with Gasteiger partial charge in [0.25, 0.3) is 0 Å². The first kappa shape index (κ1) is 19.8. The lowest BCUT2D eigenvalue weighted by Crippen LogP contribution is -2.51. The lowest BCUT2D eigenvalue weighted by molar-refractivity contribution is 0.118. The lowest BCUT2D eigenvalue weighted by atomic mass is 9.64. The molecule has 5 rings (SSSR count). The molecule has 4 heteroatoms. The van der Waals surface area contributed by atoms with Gasteiger partial charge in [0.15, 0.2) is 0 Å². The molecule has 3 aromatic carbocycles. The summed E-state index contributed by atoms with van der Waals surface area (Å²) in [4.78, 5) is 2.53. The van der Waals surface area contributed by atoms with Crippen LogP contribution in [0.5, 0.6) is 17.2 Å². The predicted octanol–water partition coefficient (Wildman–Crippen LogP) is 5.75. The number of benzene rings is 3. The van der Waals surface area contributed by atoms with Gasteiger partial charge < -0.3 is 19.1 Å². The van der Waals surface area contributed by atoms with Gasteiger partial charge in [-0.05, 0) is 41.5 Å². The Morgan fingerprint density at radius 2 is 1.77 bits per heavy atom. The van der Waals surface area contributed by atoms with E-state index in [2.05, 4.69) is 73.3 Å². The Morgan fingerprint density at radius 1 is 0.968 bits per heavy atom. The smallest absolute Gasteiger partial charge is 0.128 e. The molecule has 2 aliphatic heterocycles. The van der Waals surface area contributed by atoms with Crippen molar-refractivity contribution < 1.29 is 14.2 Å². The zero-order chi connectivity index (χ0) is 21.6. The zero-order valence-electron chi connectivity index (χ0n) is 18.6. The highest BCUT2D eigenvalue weighted by Crippen LogP contribution is 2.57. The molecule has 0 N–H and O–H groups in total. The zero-order valence-corrected chi connectivity index (χ0v) is 18.6. The highest BCUT2D eigenvalue weighted by atomic mass is 16.5. The summed E-state index contributed by atoms with van der Waals surface area (Å²) in [5, 5.41) is 0. The highest BCUT2D eigenvalue weighted by Gasteiger charge is 2.50. The second-order valence-electron chi connectivity index (χ2n) is 8.95. The van der Waals surface area contributed by atoms with Crippen molar-refractivity contribution in [1.29, 1.82) is 0 Å². The van der Waals surface area contributed by atoms with Crippen molar-refractivity contribution in [1.82, 2.24) is 0 Å². The minimum atomic E-state index is -0.0970. The first-order valence-corrected chi connectivity index (χ1v) is 10.8. The Labute approximate surface area is 184 Å². The summed E-state index contributed by atoms with van der Waals surface area (Å²) in [7, 11) is 3.47. The van der Waals surface area contributed by atoms with Crippen LogP contribution in [0, 0.1) is 5.92 Å². The van der Waals surface area contributed by atoms with Gasteiger partial charge in [-0.15, -0.1) is 0 Å². The molecule has 0 bridgehead atoms. The average Bonchev–Trinajstić information content (AvgIpc) is 2.81. The minimum absolute atomic E-state index is 0.0970. The fourth-order valence-electron chi connectivity index (χ4n) is 5.29. The number of fused-ring (bicyclic) bond motifs is 4. The molecule has 0 radical (unpaired) electrons. The van der Waals surface area contributed by atoms with Crippen LogP contribution in [0.2, 0.25) is 0 Å². The van der Waals surface area contributed by atoms with Gasteiger partial charge in [0.05, 0.1) is 32.4 Å². The van der Waals surface area contributed by atoms with E-state index in [-0.39, 0.29) is 17.4 Å². The molecular weight excluding hydrogens is 386 g/mol. The second-order valence-corrected chi connectivity index (χ2v) is 8.95. The van der Waals surface area contributed by atoms with Crippen LogP contribution in [-0.4, -0.2) is 20.8 Å². The van der Waals surface area contributed by atoms with E-state index in [1.807, 2.05) is 12.1 Å². The summed E-state index contributed by atoms with van der Waals surface area (Å²) in [5.41, 5.74) is 4.87. The monoisotopic (exact) mass is 415 g/mol. The number of rotatable bonds is 4. The Balaban J connectivity index is 1.74. The molecule has 3 aromatic rings.